The minimum absolute atomic E-state index is 0.189. The van der Waals surface area contributed by atoms with Gasteiger partial charge >= 0.3 is 0 Å². The summed E-state index contributed by atoms with van der Waals surface area (Å²) in [6.07, 6.45) is 0. The van der Waals surface area contributed by atoms with E-state index in [0.29, 0.717) is 5.25 Å². The van der Waals surface area contributed by atoms with Crippen molar-refractivity contribution in [2.75, 3.05) is 0 Å². The fourth-order valence-corrected chi connectivity index (χ4v) is 1.91. The van der Waals surface area contributed by atoms with Crippen LogP contribution in [-0.2, 0) is 0 Å². The first-order valence-electron chi connectivity index (χ1n) is 2.95. The molecule has 0 saturated heterocycles. The molecule has 0 amide bonds. The van der Waals surface area contributed by atoms with Crippen molar-refractivity contribution in [1.29, 1.82) is 0 Å². The van der Waals surface area contributed by atoms with Gasteiger partial charge in [-0.25, -0.2) is 0 Å². The van der Waals surface area contributed by atoms with Crippen LogP contribution in [0.25, 0.3) is 0 Å². The van der Waals surface area contributed by atoms with Gasteiger partial charge in [0.05, 0.1) is 0 Å². The molecule has 49 valence electrons. The zero-order valence-corrected chi connectivity index (χ0v) is 7.01. The van der Waals surface area contributed by atoms with Crippen LogP contribution in [0, 0.1) is 6.92 Å². The number of hydrogen-bond donors (Lipinski definition) is 0. The van der Waals surface area contributed by atoms with Crippen molar-refractivity contribution in [1.82, 2.24) is 0 Å². The van der Waals surface area contributed by atoms with Crippen molar-refractivity contribution >= 4 is 11.8 Å². The van der Waals surface area contributed by atoms with Crippen molar-refractivity contribution in [2.24, 2.45) is 0 Å². The Balaban J connectivity index is 3.39. The highest BCUT2D eigenvalue weighted by Crippen LogP contribution is 2.26. The average Bonchev–Trinajstić information content (AvgIpc) is 1.21. The third kappa shape index (κ3) is 6.35. The number of hydrogen-bond acceptors (Lipinski definition) is 1. The van der Waals surface area contributed by atoms with Crippen LogP contribution in [0.2, 0.25) is 0 Å². The first-order chi connectivity index (χ1) is 3.42. The molecule has 8 heavy (non-hydrogen) atoms. The molecule has 0 aromatic rings. The molecule has 0 atom stereocenters. The van der Waals surface area contributed by atoms with E-state index in [1.807, 2.05) is 11.8 Å². The van der Waals surface area contributed by atoms with Gasteiger partial charge in [0.25, 0.3) is 0 Å². The molecule has 0 nitrogen and oxygen atoms in total. The van der Waals surface area contributed by atoms with E-state index in [-0.39, 0.29) is 4.75 Å². The third-order valence-corrected chi connectivity index (χ3v) is 1.66. The number of rotatable bonds is 2. The molecule has 0 rings (SSSR count). The third-order valence-electron chi connectivity index (χ3n) is 0.555. The summed E-state index contributed by atoms with van der Waals surface area (Å²) in [7, 11) is 0. The lowest BCUT2D eigenvalue weighted by Crippen LogP contribution is -2.11. The Kier molecular flexibility index (Phi) is 2.89. The molecule has 0 fully saturated rings. The Hall–Kier alpha value is 0.350. The predicted octanol–water partition coefficient (Wildman–Crippen LogP) is 2.74. The summed E-state index contributed by atoms with van der Waals surface area (Å²) in [4.78, 5) is 0. The fraction of sp³-hybridized carbons (Fsp3) is 0.857. The molecule has 1 radical (unpaired) electrons. The van der Waals surface area contributed by atoms with Crippen LogP contribution in [0.15, 0.2) is 0 Å². The summed E-state index contributed by atoms with van der Waals surface area (Å²) in [6, 6.07) is 0. The van der Waals surface area contributed by atoms with Gasteiger partial charge in [-0.15, -0.1) is 0 Å². The predicted molar refractivity (Wildman–Crippen MR) is 42.2 cm³/mol. The highest BCUT2D eigenvalue weighted by Gasteiger charge is 2.11. The second kappa shape index (κ2) is 2.77. The Labute approximate surface area is 57.1 Å². The molecule has 0 N–H and O–H groups in total. The van der Waals surface area contributed by atoms with Crippen molar-refractivity contribution < 1.29 is 0 Å². The van der Waals surface area contributed by atoms with Crippen molar-refractivity contribution in [3.63, 3.8) is 0 Å². The quantitative estimate of drug-likeness (QED) is 0.555. The normalized spacial score (nSPS) is 12.8. The van der Waals surface area contributed by atoms with E-state index in [1.54, 1.807) is 0 Å². The second-order valence-electron chi connectivity index (χ2n) is 2.93. The SMILES string of the molecule is [CH2]C(C)(C)SC(C)C. The molecule has 1 heteroatoms. The van der Waals surface area contributed by atoms with Gasteiger partial charge in [-0.1, -0.05) is 27.7 Å². The fourth-order valence-electron chi connectivity index (χ4n) is 0.638. The summed E-state index contributed by atoms with van der Waals surface area (Å²) in [5, 5.41) is 0.697. The minimum Gasteiger partial charge on any atom is -0.153 e. The Bertz CT molecular complexity index is 59.3. The van der Waals surface area contributed by atoms with Gasteiger partial charge < -0.3 is 0 Å². The zero-order chi connectivity index (χ0) is 6.78. The lowest BCUT2D eigenvalue weighted by Gasteiger charge is -2.19. The maximum atomic E-state index is 3.97. The van der Waals surface area contributed by atoms with Gasteiger partial charge in [-0.3, -0.25) is 0 Å². The lowest BCUT2D eigenvalue weighted by molar-refractivity contribution is 0.881. The van der Waals surface area contributed by atoms with Crippen LogP contribution >= 0.6 is 11.8 Å². The van der Waals surface area contributed by atoms with Gasteiger partial charge in [-0.2, -0.15) is 11.8 Å². The van der Waals surface area contributed by atoms with Gasteiger partial charge in [0, 0.05) is 4.75 Å². The summed E-state index contributed by atoms with van der Waals surface area (Å²) in [5.41, 5.74) is 0. The van der Waals surface area contributed by atoms with Gasteiger partial charge in [0.15, 0.2) is 0 Å². The molecule has 0 aliphatic carbocycles. The summed E-state index contributed by atoms with van der Waals surface area (Å²) in [6.45, 7) is 12.6. The molecular formula is C7H15S. The van der Waals surface area contributed by atoms with Crippen LogP contribution < -0.4 is 0 Å². The summed E-state index contributed by atoms with van der Waals surface area (Å²) < 4.78 is 0.189. The van der Waals surface area contributed by atoms with Crippen LogP contribution in [0.3, 0.4) is 0 Å². The molecule has 0 saturated carbocycles. The minimum atomic E-state index is 0.189. The first-order valence-corrected chi connectivity index (χ1v) is 3.83. The highest BCUT2D eigenvalue weighted by molar-refractivity contribution is 8.01. The monoisotopic (exact) mass is 131 g/mol. The summed E-state index contributed by atoms with van der Waals surface area (Å²) in [5.74, 6) is 0. The average molecular weight is 131 g/mol. The Morgan fingerprint density at radius 2 is 1.75 bits per heavy atom. The number of thioether (sulfide) groups is 1. The van der Waals surface area contributed by atoms with Gasteiger partial charge in [0.2, 0.25) is 0 Å². The van der Waals surface area contributed by atoms with E-state index in [9.17, 15) is 0 Å². The van der Waals surface area contributed by atoms with E-state index in [4.69, 9.17) is 0 Å². The van der Waals surface area contributed by atoms with E-state index >= 15 is 0 Å². The van der Waals surface area contributed by atoms with Crippen LogP contribution in [0.5, 0.6) is 0 Å². The molecule has 0 aliphatic heterocycles. The van der Waals surface area contributed by atoms with E-state index in [2.05, 4.69) is 34.6 Å². The standard InChI is InChI=1S/C7H15S/c1-6(2)8-7(3,4)5/h6H,3H2,1-2,4-5H3. The lowest BCUT2D eigenvalue weighted by atomic mass is 10.3. The molecule has 0 aromatic heterocycles. The molecule has 0 aromatic carbocycles. The van der Waals surface area contributed by atoms with E-state index in [0.717, 1.165) is 0 Å². The van der Waals surface area contributed by atoms with E-state index in [1.165, 1.54) is 0 Å². The largest absolute Gasteiger partial charge is 0.153 e. The second-order valence-corrected chi connectivity index (χ2v) is 5.21. The molecule has 0 unspecified atom stereocenters. The zero-order valence-electron chi connectivity index (χ0n) is 6.19. The van der Waals surface area contributed by atoms with Crippen molar-refractivity contribution in [2.45, 2.75) is 37.7 Å². The smallest absolute Gasteiger partial charge is 0.0106 e. The van der Waals surface area contributed by atoms with Crippen molar-refractivity contribution in [3.8, 4) is 0 Å². The van der Waals surface area contributed by atoms with Crippen molar-refractivity contribution in [3.05, 3.63) is 6.92 Å². The molecule has 0 heterocycles. The highest BCUT2D eigenvalue weighted by atomic mass is 32.2. The van der Waals surface area contributed by atoms with Crippen LogP contribution in [0.1, 0.15) is 27.7 Å². The van der Waals surface area contributed by atoms with E-state index < -0.39 is 0 Å². The molecule has 0 spiro atoms. The van der Waals surface area contributed by atoms with Crippen LogP contribution in [0.4, 0.5) is 0 Å². The maximum absolute atomic E-state index is 3.97. The molecular weight excluding hydrogens is 116 g/mol. The topological polar surface area (TPSA) is 0 Å². The molecule has 0 bridgehead atoms. The van der Waals surface area contributed by atoms with Gasteiger partial charge in [0.1, 0.15) is 0 Å². The van der Waals surface area contributed by atoms with Gasteiger partial charge in [-0.05, 0) is 12.2 Å². The Morgan fingerprint density at radius 3 is 1.75 bits per heavy atom. The maximum Gasteiger partial charge on any atom is 0.0106 e. The first kappa shape index (κ1) is 8.35. The Morgan fingerprint density at radius 1 is 1.38 bits per heavy atom. The summed E-state index contributed by atoms with van der Waals surface area (Å²) >= 11 is 1.90. The van der Waals surface area contributed by atoms with Crippen LogP contribution in [-0.4, -0.2) is 10.00 Å². The molecule has 0 aliphatic rings.